The van der Waals surface area contributed by atoms with E-state index < -0.39 is 34.2 Å². The van der Waals surface area contributed by atoms with E-state index in [4.69, 9.17) is 4.74 Å². The van der Waals surface area contributed by atoms with E-state index in [2.05, 4.69) is 5.10 Å². The molecule has 0 amide bonds. The van der Waals surface area contributed by atoms with Crippen molar-refractivity contribution in [3.05, 3.63) is 34.1 Å². The number of aliphatic hydroxyl groups is 1. The van der Waals surface area contributed by atoms with Gasteiger partial charge in [-0.05, 0) is 6.07 Å². The molecule has 2 rings (SSSR count). The van der Waals surface area contributed by atoms with E-state index >= 15 is 0 Å². The highest BCUT2D eigenvalue weighted by Gasteiger charge is 2.42. The molecule has 2 aromatic heterocycles. The molecule has 2 heterocycles. The predicted octanol–water partition coefficient (Wildman–Crippen LogP) is 1.85. The van der Waals surface area contributed by atoms with E-state index in [0.29, 0.717) is 0 Å². The highest BCUT2D eigenvalue weighted by molar-refractivity contribution is 5.75. The van der Waals surface area contributed by atoms with Gasteiger partial charge in [-0.25, -0.2) is 4.52 Å². The number of rotatable bonds is 3. The number of halogens is 3. The van der Waals surface area contributed by atoms with Crippen LogP contribution in [0, 0.1) is 10.1 Å². The molecule has 1 N–H and O–H groups in total. The van der Waals surface area contributed by atoms with Crippen LogP contribution in [0.3, 0.4) is 0 Å². The first-order chi connectivity index (χ1) is 9.27. The van der Waals surface area contributed by atoms with E-state index in [-0.39, 0.29) is 5.52 Å². The minimum atomic E-state index is -4.92. The van der Waals surface area contributed by atoms with Gasteiger partial charge in [0.05, 0.1) is 12.0 Å². The molecule has 0 aliphatic rings. The quantitative estimate of drug-likeness (QED) is 0.688. The average molecular weight is 291 g/mol. The fourth-order valence-electron chi connectivity index (χ4n) is 1.79. The van der Waals surface area contributed by atoms with E-state index in [1.54, 1.807) is 0 Å². The minimum absolute atomic E-state index is 0.252. The Labute approximate surface area is 109 Å². The number of aromatic nitrogens is 2. The van der Waals surface area contributed by atoms with Crippen molar-refractivity contribution in [3.63, 3.8) is 0 Å². The van der Waals surface area contributed by atoms with E-state index in [1.165, 1.54) is 0 Å². The number of hydrogen-bond acceptors (Lipinski definition) is 5. The maximum atomic E-state index is 12.6. The number of nitrogens with zero attached hydrogens (tertiary/aromatic N) is 3. The van der Waals surface area contributed by atoms with Crippen LogP contribution in [0.5, 0.6) is 5.75 Å². The molecule has 0 bridgehead atoms. The number of ether oxygens (including phenoxy) is 1. The van der Waals surface area contributed by atoms with Crippen LogP contribution in [0.4, 0.5) is 18.9 Å². The molecular formula is C10H8F3N3O4. The molecule has 7 nitrogen and oxygen atoms in total. The lowest BCUT2D eigenvalue weighted by atomic mass is 10.1. The van der Waals surface area contributed by atoms with Gasteiger partial charge in [0.1, 0.15) is 6.20 Å². The Hall–Kier alpha value is -2.36. The number of pyridine rings is 1. The number of alkyl halides is 3. The second-order valence-corrected chi connectivity index (χ2v) is 3.83. The van der Waals surface area contributed by atoms with Crippen molar-refractivity contribution in [3.8, 4) is 5.75 Å². The second-order valence-electron chi connectivity index (χ2n) is 3.83. The fraction of sp³-hybridized carbons (Fsp3) is 0.300. The fourth-order valence-corrected chi connectivity index (χ4v) is 1.79. The molecule has 0 fully saturated rings. The summed E-state index contributed by atoms with van der Waals surface area (Å²) < 4.78 is 43.5. The third kappa shape index (κ3) is 2.13. The standard InChI is InChI=1S/C10H8F3N3O4/c1-20-8-5(9(17)10(11,12)13)2-3-15-7(8)6(4-14-15)16(18)19/h2-4,9,17H,1H3/t9-/m0/s1. The molecular weight excluding hydrogens is 283 g/mol. The second kappa shape index (κ2) is 4.63. The summed E-state index contributed by atoms with van der Waals surface area (Å²) in [6.07, 6.45) is -5.76. The first kappa shape index (κ1) is 14.1. The number of aliphatic hydroxyl groups excluding tert-OH is 1. The van der Waals surface area contributed by atoms with Crippen molar-refractivity contribution in [2.24, 2.45) is 0 Å². The Balaban J connectivity index is 2.75. The zero-order valence-corrected chi connectivity index (χ0v) is 9.96. The molecule has 108 valence electrons. The Bertz CT molecular complexity index is 668. The summed E-state index contributed by atoms with van der Waals surface area (Å²) in [5.74, 6) is -0.443. The maximum absolute atomic E-state index is 12.6. The lowest BCUT2D eigenvalue weighted by Gasteiger charge is -2.17. The first-order valence-electron chi connectivity index (χ1n) is 5.20. The van der Waals surface area contributed by atoms with Crippen LogP contribution in [0.25, 0.3) is 5.52 Å². The summed E-state index contributed by atoms with van der Waals surface area (Å²) in [7, 11) is 1.05. The van der Waals surface area contributed by atoms with Gasteiger partial charge in [-0.15, -0.1) is 0 Å². The van der Waals surface area contributed by atoms with Crippen LogP contribution in [0.15, 0.2) is 18.5 Å². The van der Waals surface area contributed by atoms with Crippen LogP contribution in [-0.4, -0.2) is 32.9 Å². The lowest BCUT2D eigenvalue weighted by Crippen LogP contribution is -2.21. The molecule has 0 unspecified atom stereocenters. The molecule has 0 radical (unpaired) electrons. The largest absolute Gasteiger partial charge is 0.494 e. The Morgan fingerprint density at radius 3 is 2.70 bits per heavy atom. The highest BCUT2D eigenvalue weighted by Crippen LogP contribution is 2.40. The zero-order valence-electron chi connectivity index (χ0n) is 9.96. The van der Waals surface area contributed by atoms with E-state index in [1.807, 2.05) is 0 Å². The van der Waals surface area contributed by atoms with Gasteiger partial charge in [-0.1, -0.05) is 0 Å². The lowest BCUT2D eigenvalue weighted by molar-refractivity contribution is -0.383. The van der Waals surface area contributed by atoms with Gasteiger partial charge < -0.3 is 9.84 Å². The highest BCUT2D eigenvalue weighted by atomic mass is 19.4. The van der Waals surface area contributed by atoms with E-state index in [9.17, 15) is 28.4 Å². The molecule has 0 aromatic carbocycles. The number of methoxy groups -OCH3 is 1. The predicted molar refractivity (Wildman–Crippen MR) is 59.4 cm³/mol. The smallest absolute Gasteiger partial charge is 0.418 e. The van der Waals surface area contributed by atoms with Gasteiger partial charge in [0.15, 0.2) is 17.4 Å². The Morgan fingerprint density at radius 1 is 1.55 bits per heavy atom. The maximum Gasteiger partial charge on any atom is 0.418 e. The van der Waals surface area contributed by atoms with Crippen molar-refractivity contribution < 1.29 is 27.9 Å². The molecule has 0 spiro atoms. The molecule has 20 heavy (non-hydrogen) atoms. The number of hydrogen-bond donors (Lipinski definition) is 1. The van der Waals surface area contributed by atoms with Crippen LogP contribution >= 0.6 is 0 Å². The normalized spacial score (nSPS) is 13.4. The number of fused-ring (bicyclic) bond motifs is 1. The molecule has 0 aliphatic heterocycles. The third-order valence-electron chi connectivity index (χ3n) is 2.65. The Morgan fingerprint density at radius 2 is 2.20 bits per heavy atom. The van der Waals surface area contributed by atoms with Crippen LogP contribution in [-0.2, 0) is 0 Å². The van der Waals surface area contributed by atoms with Crippen molar-refractivity contribution in [2.45, 2.75) is 12.3 Å². The number of nitro groups is 1. The average Bonchev–Trinajstić information content (AvgIpc) is 2.79. The summed E-state index contributed by atoms with van der Waals surface area (Å²) in [5.41, 5.74) is -1.38. The summed E-state index contributed by atoms with van der Waals surface area (Å²) in [6.45, 7) is 0. The third-order valence-corrected chi connectivity index (χ3v) is 2.65. The molecule has 1 atom stereocenters. The van der Waals surface area contributed by atoms with Crippen molar-refractivity contribution in [1.82, 2.24) is 9.61 Å². The van der Waals surface area contributed by atoms with Crippen LogP contribution in [0.1, 0.15) is 11.7 Å². The summed E-state index contributed by atoms with van der Waals surface area (Å²) in [5, 5.41) is 23.8. The topological polar surface area (TPSA) is 89.9 Å². The summed E-state index contributed by atoms with van der Waals surface area (Å²) >= 11 is 0. The van der Waals surface area contributed by atoms with Gasteiger partial charge in [0, 0.05) is 11.8 Å². The molecule has 0 saturated carbocycles. The minimum Gasteiger partial charge on any atom is -0.494 e. The Kier molecular flexibility index (Phi) is 3.26. The van der Waals surface area contributed by atoms with Crippen molar-refractivity contribution >= 4 is 11.2 Å². The monoisotopic (exact) mass is 291 g/mol. The van der Waals surface area contributed by atoms with Crippen LogP contribution in [0.2, 0.25) is 0 Å². The molecule has 0 saturated heterocycles. The van der Waals surface area contributed by atoms with Gasteiger partial charge >= 0.3 is 11.9 Å². The molecule has 2 aromatic rings. The molecule has 0 aliphatic carbocycles. The zero-order chi connectivity index (χ0) is 15.1. The van der Waals surface area contributed by atoms with Crippen molar-refractivity contribution in [1.29, 1.82) is 0 Å². The van der Waals surface area contributed by atoms with Gasteiger partial charge in [-0.2, -0.15) is 18.3 Å². The summed E-state index contributed by atoms with van der Waals surface area (Å²) in [4.78, 5) is 10.0. The SMILES string of the molecule is COc1c([C@H](O)C(F)(F)F)ccn2ncc([N+](=O)[O-])c12. The van der Waals surface area contributed by atoms with Gasteiger partial charge in [0.2, 0.25) is 0 Å². The first-order valence-corrected chi connectivity index (χ1v) is 5.20. The van der Waals surface area contributed by atoms with E-state index in [0.717, 1.165) is 30.1 Å². The van der Waals surface area contributed by atoms with Gasteiger partial charge in [0.25, 0.3) is 0 Å². The summed E-state index contributed by atoms with van der Waals surface area (Å²) in [6, 6.07) is 0.945. The van der Waals surface area contributed by atoms with Gasteiger partial charge in [-0.3, -0.25) is 10.1 Å². The van der Waals surface area contributed by atoms with Crippen molar-refractivity contribution in [2.75, 3.05) is 7.11 Å². The van der Waals surface area contributed by atoms with Crippen LogP contribution < -0.4 is 4.74 Å². The molecule has 10 heteroatoms.